The Bertz CT molecular complexity index is 380. The Balaban J connectivity index is 2.67. The first kappa shape index (κ1) is 15.7. The van der Waals surface area contributed by atoms with Gasteiger partial charge in [0.25, 0.3) is 0 Å². The molecular weight excluding hydrogens is 252 g/mol. The van der Waals surface area contributed by atoms with Crippen LogP contribution >= 0.6 is 0 Å². The number of hydrogen-bond donors (Lipinski definition) is 4. The number of aliphatic hydroxyl groups excluding tert-OH is 4. The summed E-state index contributed by atoms with van der Waals surface area (Å²) >= 11 is 0. The van der Waals surface area contributed by atoms with Crippen molar-refractivity contribution in [2.45, 2.75) is 24.9 Å². The van der Waals surface area contributed by atoms with Gasteiger partial charge in [-0.1, -0.05) is 30.3 Å². The molecule has 19 heavy (non-hydrogen) atoms. The minimum atomic E-state index is -1.59. The number of aliphatic hydroxyl groups is 4. The van der Waals surface area contributed by atoms with Gasteiger partial charge < -0.3 is 25.2 Å². The van der Waals surface area contributed by atoms with E-state index in [4.69, 9.17) is 14.9 Å². The lowest BCUT2D eigenvalue weighted by Gasteiger charge is -2.24. The summed E-state index contributed by atoms with van der Waals surface area (Å²) in [5.41, 5.74) is 0.781. The van der Waals surface area contributed by atoms with Crippen molar-refractivity contribution in [2.24, 2.45) is 0 Å². The molecule has 1 aromatic carbocycles. The largest absolute Gasteiger partial charge is 0.394 e. The van der Waals surface area contributed by atoms with Gasteiger partial charge in [0.1, 0.15) is 24.9 Å². The maximum atomic E-state index is 11.5. The standard InChI is InChI=1S/C13H18O6/c14-6-10(16)12(18)13(11(17)7-15)19-8-9-4-2-1-3-5-9/h1-5,10,12-16,18H,6-8H2/t10-,12+,13+/m0/s1. The fraction of sp³-hybridized carbons (Fsp3) is 0.462. The molecule has 0 bridgehead atoms. The van der Waals surface area contributed by atoms with Gasteiger partial charge in [-0.25, -0.2) is 0 Å². The van der Waals surface area contributed by atoms with E-state index in [-0.39, 0.29) is 6.61 Å². The molecule has 6 heteroatoms. The summed E-state index contributed by atoms with van der Waals surface area (Å²) in [6.45, 7) is -1.47. The predicted octanol–water partition coefficient (Wildman–Crippen LogP) is -1.15. The molecule has 0 fully saturated rings. The molecular formula is C13H18O6. The molecule has 0 radical (unpaired) electrons. The van der Waals surface area contributed by atoms with Gasteiger partial charge in [-0.2, -0.15) is 0 Å². The Morgan fingerprint density at radius 2 is 1.79 bits per heavy atom. The Kier molecular flexibility index (Phi) is 6.61. The van der Waals surface area contributed by atoms with E-state index < -0.39 is 37.3 Å². The third kappa shape index (κ3) is 4.70. The second-order valence-corrected chi connectivity index (χ2v) is 4.08. The minimum Gasteiger partial charge on any atom is -0.394 e. The van der Waals surface area contributed by atoms with Crippen molar-refractivity contribution in [3.63, 3.8) is 0 Å². The fourth-order valence-corrected chi connectivity index (χ4v) is 1.54. The molecule has 0 spiro atoms. The zero-order valence-electron chi connectivity index (χ0n) is 10.3. The summed E-state index contributed by atoms with van der Waals surface area (Å²) in [7, 11) is 0. The van der Waals surface area contributed by atoms with Crippen molar-refractivity contribution >= 4 is 5.78 Å². The Morgan fingerprint density at radius 1 is 1.16 bits per heavy atom. The molecule has 0 aliphatic carbocycles. The predicted molar refractivity (Wildman–Crippen MR) is 66.2 cm³/mol. The average molecular weight is 270 g/mol. The van der Waals surface area contributed by atoms with Crippen molar-refractivity contribution in [1.82, 2.24) is 0 Å². The highest BCUT2D eigenvalue weighted by atomic mass is 16.5. The van der Waals surface area contributed by atoms with Gasteiger partial charge in [0.15, 0.2) is 5.78 Å². The maximum Gasteiger partial charge on any atom is 0.189 e. The van der Waals surface area contributed by atoms with Crippen LogP contribution in [0.2, 0.25) is 0 Å². The number of hydrogen-bond acceptors (Lipinski definition) is 6. The highest BCUT2D eigenvalue weighted by Crippen LogP contribution is 2.10. The van der Waals surface area contributed by atoms with Crippen LogP contribution in [0.4, 0.5) is 0 Å². The van der Waals surface area contributed by atoms with E-state index in [2.05, 4.69) is 0 Å². The van der Waals surface area contributed by atoms with Crippen LogP contribution in [0.3, 0.4) is 0 Å². The summed E-state index contributed by atoms with van der Waals surface area (Å²) in [6.07, 6.45) is -4.48. The van der Waals surface area contributed by atoms with E-state index in [1.807, 2.05) is 6.07 Å². The lowest BCUT2D eigenvalue weighted by molar-refractivity contribution is -0.152. The van der Waals surface area contributed by atoms with Crippen LogP contribution in [0.5, 0.6) is 0 Å². The molecule has 1 rings (SSSR count). The van der Waals surface area contributed by atoms with Crippen molar-refractivity contribution < 1.29 is 30.0 Å². The summed E-state index contributed by atoms with van der Waals surface area (Å²) in [4.78, 5) is 11.5. The van der Waals surface area contributed by atoms with Gasteiger partial charge in [0, 0.05) is 0 Å². The first-order valence-electron chi connectivity index (χ1n) is 5.86. The van der Waals surface area contributed by atoms with Crippen LogP contribution in [-0.4, -0.2) is 57.7 Å². The van der Waals surface area contributed by atoms with Gasteiger partial charge in [-0.15, -0.1) is 0 Å². The second kappa shape index (κ2) is 7.98. The molecule has 0 heterocycles. The minimum absolute atomic E-state index is 0.0481. The average Bonchev–Trinajstić information content (AvgIpc) is 2.47. The summed E-state index contributed by atoms with van der Waals surface area (Å²) in [5.74, 6) is -0.754. The van der Waals surface area contributed by atoms with Crippen molar-refractivity contribution in [3.8, 4) is 0 Å². The molecule has 106 valence electrons. The molecule has 0 saturated carbocycles. The molecule has 3 atom stereocenters. The van der Waals surface area contributed by atoms with Crippen molar-refractivity contribution in [2.75, 3.05) is 13.2 Å². The van der Waals surface area contributed by atoms with Crippen LogP contribution in [-0.2, 0) is 16.1 Å². The van der Waals surface area contributed by atoms with E-state index in [0.717, 1.165) is 5.56 Å². The zero-order valence-corrected chi connectivity index (χ0v) is 10.3. The normalized spacial score (nSPS) is 15.8. The van der Waals surface area contributed by atoms with E-state index >= 15 is 0 Å². The number of ketones is 1. The zero-order chi connectivity index (χ0) is 14.3. The smallest absolute Gasteiger partial charge is 0.189 e. The van der Waals surface area contributed by atoms with Crippen molar-refractivity contribution in [3.05, 3.63) is 35.9 Å². The molecule has 0 aliphatic rings. The fourth-order valence-electron chi connectivity index (χ4n) is 1.54. The van der Waals surface area contributed by atoms with Gasteiger partial charge in [0.05, 0.1) is 13.2 Å². The monoisotopic (exact) mass is 270 g/mol. The number of Topliss-reactive ketones (excluding diaryl/α,β-unsaturated/α-hetero) is 1. The summed E-state index contributed by atoms with van der Waals surface area (Å²) < 4.78 is 5.23. The van der Waals surface area contributed by atoms with Crippen molar-refractivity contribution in [1.29, 1.82) is 0 Å². The van der Waals surface area contributed by atoms with E-state index in [1.54, 1.807) is 24.3 Å². The van der Waals surface area contributed by atoms with Crippen LogP contribution in [0.25, 0.3) is 0 Å². The van der Waals surface area contributed by atoms with Crippen LogP contribution in [0.1, 0.15) is 5.56 Å². The van der Waals surface area contributed by atoms with Gasteiger partial charge in [-0.3, -0.25) is 4.79 Å². The molecule has 1 aromatic rings. The van der Waals surface area contributed by atoms with Crippen LogP contribution in [0.15, 0.2) is 30.3 Å². The molecule has 0 aromatic heterocycles. The summed E-state index contributed by atoms with van der Waals surface area (Å²) in [6, 6.07) is 8.95. The number of rotatable bonds is 8. The second-order valence-electron chi connectivity index (χ2n) is 4.08. The first-order chi connectivity index (χ1) is 9.10. The Labute approximate surface area is 110 Å². The third-order valence-electron chi connectivity index (χ3n) is 2.64. The van der Waals surface area contributed by atoms with Gasteiger partial charge in [-0.05, 0) is 5.56 Å². The van der Waals surface area contributed by atoms with Crippen LogP contribution < -0.4 is 0 Å². The van der Waals surface area contributed by atoms with E-state index in [9.17, 15) is 15.0 Å². The number of ether oxygens (including phenoxy) is 1. The summed E-state index contributed by atoms with van der Waals surface area (Å²) in [5, 5.41) is 36.6. The highest BCUT2D eigenvalue weighted by Gasteiger charge is 2.32. The SMILES string of the molecule is O=C(CO)[C@@H](OCc1ccccc1)[C@H](O)[C@@H](O)CO. The molecule has 0 amide bonds. The van der Waals surface area contributed by atoms with Crippen LogP contribution in [0, 0.1) is 0 Å². The number of carbonyl (C=O) groups excluding carboxylic acids is 1. The highest BCUT2D eigenvalue weighted by molar-refractivity contribution is 5.84. The topological polar surface area (TPSA) is 107 Å². The lowest BCUT2D eigenvalue weighted by atomic mass is 10.0. The lowest BCUT2D eigenvalue weighted by Crippen LogP contribution is -2.46. The van der Waals surface area contributed by atoms with E-state index in [0.29, 0.717) is 0 Å². The molecule has 4 N–H and O–H groups in total. The van der Waals surface area contributed by atoms with Gasteiger partial charge in [0.2, 0.25) is 0 Å². The maximum absolute atomic E-state index is 11.5. The first-order valence-corrected chi connectivity index (χ1v) is 5.86. The molecule has 0 saturated heterocycles. The molecule has 6 nitrogen and oxygen atoms in total. The quantitative estimate of drug-likeness (QED) is 0.475. The third-order valence-corrected chi connectivity index (χ3v) is 2.64. The van der Waals surface area contributed by atoms with E-state index in [1.165, 1.54) is 0 Å². The number of carbonyl (C=O) groups is 1. The molecule has 0 unspecified atom stereocenters. The molecule has 0 aliphatic heterocycles. The Hall–Kier alpha value is -1.31. The van der Waals surface area contributed by atoms with Gasteiger partial charge >= 0.3 is 0 Å². The Morgan fingerprint density at radius 3 is 2.32 bits per heavy atom. The number of benzene rings is 1.